The molecule has 0 aliphatic heterocycles. The maximum absolute atomic E-state index is 8.42. The molecule has 58 valence electrons. The Morgan fingerprint density at radius 2 is 2.36 bits per heavy atom. The molecule has 0 aromatic carbocycles. The molecule has 0 spiro atoms. The van der Waals surface area contributed by atoms with Gasteiger partial charge in [0.15, 0.2) is 0 Å². The van der Waals surface area contributed by atoms with E-state index in [-0.39, 0.29) is 0 Å². The molecule has 0 radical (unpaired) electrons. The lowest BCUT2D eigenvalue weighted by Crippen LogP contribution is -1.90. The van der Waals surface area contributed by atoms with Gasteiger partial charge in [0.1, 0.15) is 10.4 Å². The van der Waals surface area contributed by atoms with Crippen LogP contribution in [-0.4, -0.2) is 9.55 Å². The first-order valence-corrected chi connectivity index (χ1v) is 4.00. The summed E-state index contributed by atoms with van der Waals surface area (Å²) in [6.45, 7) is 1.91. The highest BCUT2D eigenvalue weighted by atomic mass is 79.9. The van der Waals surface area contributed by atoms with Gasteiger partial charge in [-0.25, -0.2) is 4.98 Å². The molecule has 1 heterocycles. The molecule has 1 aromatic heterocycles. The molecule has 0 atom stereocenters. The third-order valence-corrected chi connectivity index (χ3v) is 2.55. The van der Waals surface area contributed by atoms with Crippen molar-refractivity contribution < 1.29 is 0 Å². The van der Waals surface area contributed by atoms with Crippen LogP contribution in [-0.2, 0) is 13.5 Å². The molecule has 1 rings (SSSR count). The maximum Gasteiger partial charge on any atom is 0.109 e. The van der Waals surface area contributed by atoms with Crippen molar-refractivity contribution in [3.63, 3.8) is 0 Å². The van der Waals surface area contributed by atoms with Crippen molar-refractivity contribution in [2.75, 3.05) is 0 Å². The van der Waals surface area contributed by atoms with Crippen molar-refractivity contribution >= 4 is 15.9 Å². The zero-order valence-corrected chi connectivity index (χ0v) is 8.01. The quantitative estimate of drug-likeness (QED) is 0.711. The predicted molar refractivity (Wildman–Crippen MR) is 45.0 cm³/mol. The first-order chi connectivity index (χ1) is 5.16. The molecule has 0 unspecified atom stereocenters. The summed E-state index contributed by atoms with van der Waals surface area (Å²) in [5.74, 6) is 0.919. The second-order valence-electron chi connectivity index (χ2n) is 2.29. The van der Waals surface area contributed by atoms with E-state index in [1.807, 2.05) is 18.5 Å². The number of aromatic nitrogens is 2. The summed E-state index contributed by atoms with van der Waals surface area (Å²) in [7, 11) is 1.91. The lowest BCUT2D eigenvalue weighted by Gasteiger charge is -1.93. The van der Waals surface area contributed by atoms with Crippen LogP contribution in [0.2, 0.25) is 0 Å². The summed E-state index contributed by atoms with van der Waals surface area (Å²) >= 11 is 3.35. The highest BCUT2D eigenvalue weighted by Gasteiger charge is 2.07. The van der Waals surface area contributed by atoms with Crippen LogP contribution in [0, 0.1) is 18.3 Å². The zero-order valence-electron chi connectivity index (χ0n) is 6.43. The van der Waals surface area contributed by atoms with E-state index in [1.165, 1.54) is 0 Å². The fraction of sp³-hybridized carbons (Fsp3) is 0.429. The van der Waals surface area contributed by atoms with Gasteiger partial charge in [0, 0.05) is 7.05 Å². The normalized spacial score (nSPS) is 9.64. The van der Waals surface area contributed by atoms with Crippen LogP contribution >= 0.6 is 15.9 Å². The molecule has 0 aliphatic rings. The molecular formula is C7H8BrN3. The number of imidazole rings is 1. The standard InChI is InChI=1S/C7H8BrN3/c1-5-10-6(3-4-9)7(8)11(5)2/h3H2,1-2H3. The highest BCUT2D eigenvalue weighted by molar-refractivity contribution is 9.10. The van der Waals surface area contributed by atoms with Crippen molar-refractivity contribution in [3.8, 4) is 6.07 Å². The molecule has 0 bridgehead atoms. The minimum atomic E-state index is 0.363. The van der Waals surface area contributed by atoms with E-state index in [2.05, 4.69) is 27.0 Å². The van der Waals surface area contributed by atoms with Gasteiger partial charge in [0.25, 0.3) is 0 Å². The smallest absolute Gasteiger partial charge is 0.109 e. The number of nitriles is 1. The van der Waals surface area contributed by atoms with Crippen molar-refractivity contribution in [3.05, 3.63) is 16.1 Å². The van der Waals surface area contributed by atoms with Gasteiger partial charge in [0.2, 0.25) is 0 Å². The predicted octanol–water partition coefficient (Wildman–Crippen LogP) is 1.56. The minimum absolute atomic E-state index is 0.363. The molecule has 0 fully saturated rings. The highest BCUT2D eigenvalue weighted by Crippen LogP contribution is 2.16. The van der Waals surface area contributed by atoms with E-state index in [0.29, 0.717) is 6.42 Å². The van der Waals surface area contributed by atoms with E-state index >= 15 is 0 Å². The summed E-state index contributed by atoms with van der Waals surface area (Å²) < 4.78 is 2.81. The van der Waals surface area contributed by atoms with E-state index in [0.717, 1.165) is 16.1 Å². The van der Waals surface area contributed by atoms with Crippen LogP contribution in [0.3, 0.4) is 0 Å². The number of nitrogens with zero attached hydrogens (tertiary/aromatic N) is 3. The Labute approximate surface area is 73.8 Å². The van der Waals surface area contributed by atoms with Gasteiger partial charge in [-0.3, -0.25) is 0 Å². The monoisotopic (exact) mass is 213 g/mol. The summed E-state index contributed by atoms with van der Waals surface area (Å²) in [6.07, 6.45) is 0.363. The molecule has 1 aromatic rings. The fourth-order valence-electron chi connectivity index (χ4n) is 0.839. The minimum Gasteiger partial charge on any atom is -0.326 e. The zero-order chi connectivity index (χ0) is 8.43. The van der Waals surface area contributed by atoms with Gasteiger partial charge < -0.3 is 4.57 Å². The lowest BCUT2D eigenvalue weighted by atomic mass is 10.4. The summed E-state index contributed by atoms with van der Waals surface area (Å²) in [5.41, 5.74) is 0.813. The second kappa shape index (κ2) is 3.05. The largest absolute Gasteiger partial charge is 0.326 e. The molecule has 0 saturated heterocycles. The van der Waals surface area contributed by atoms with E-state index in [9.17, 15) is 0 Å². The van der Waals surface area contributed by atoms with Gasteiger partial charge in [-0.15, -0.1) is 0 Å². The Balaban J connectivity index is 3.10. The summed E-state index contributed by atoms with van der Waals surface area (Å²) in [6, 6.07) is 2.06. The van der Waals surface area contributed by atoms with Crippen molar-refractivity contribution in [2.45, 2.75) is 13.3 Å². The van der Waals surface area contributed by atoms with Crippen LogP contribution in [0.1, 0.15) is 11.5 Å². The first kappa shape index (κ1) is 8.28. The van der Waals surface area contributed by atoms with Crippen molar-refractivity contribution in [2.24, 2.45) is 7.05 Å². The summed E-state index contributed by atoms with van der Waals surface area (Å²) in [5, 5.41) is 8.42. The number of hydrogen-bond acceptors (Lipinski definition) is 2. The van der Waals surface area contributed by atoms with Gasteiger partial charge in [-0.2, -0.15) is 5.26 Å². The first-order valence-electron chi connectivity index (χ1n) is 3.21. The Bertz CT molecular complexity index is 308. The third kappa shape index (κ3) is 1.43. The molecular weight excluding hydrogens is 206 g/mol. The van der Waals surface area contributed by atoms with Crippen molar-refractivity contribution in [1.82, 2.24) is 9.55 Å². The fourth-order valence-corrected chi connectivity index (χ4v) is 1.32. The number of halogens is 1. The van der Waals surface area contributed by atoms with Crippen molar-refractivity contribution in [1.29, 1.82) is 5.26 Å². The lowest BCUT2D eigenvalue weighted by molar-refractivity contribution is 0.839. The molecule has 3 nitrogen and oxygen atoms in total. The van der Waals surface area contributed by atoms with E-state index in [1.54, 1.807) is 0 Å². The molecule has 11 heavy (non-hydrogen) atoms. The second-order valence-corrected chi connectivity index (χ2v) is 3.04. The number of aryl methyl sites for hydroxylation is 1. The molecule has 0 saturated carbocycles. The van der Waals surface area contributed by atoms with Crippen LogP contribution in [0.4, 0.5) is 0 Å². The Hall–Kier alpha value is -0.820. The topological polar surface area (TPSA) is 41.6 Å². The summed E-state index contributed by atoms with van der Waals surface area (Å²) in [4.78, 5) is 4.19. The van der Waals surface area contributed by atoms with Gasteiger partial charge in [-0.05, 0) is 22.9 Å². The van der Waals surface area contributed by atoms with E-state index < -0.39 is 0 Å². The average Bonchev–Trinajstić information content (AvgIpc) is 2.19. The number of rotatable bonds is 1. The average molecular weight is 214 g/mol. The van der Waals surface area contributed by atoms with Crippen LogP contribution in [0.15, 0.2) is 4.60 Å². The van der Waals surface area contributed by atoms with Crippen LogP contribution in [0.5, 0.6) is 0 Å². The molecule has 0 amide bonds. The van der Waals surface area contributed by atoms with Gasteiger partial charge in [0.05, 0.1) is 18.2 Å². The Kier molecular flexibility index (Phi) is 2.30. The van der Waals surface area contributed by atoms with Gasteiger partial charge >= 0.3 is 0 Å². The van der Waals surface area contributed by atoms with Crippen LogP contribution in [0.25, 0.3) is 0 Å². The maximum atomic E-state index is 8.42. The molecule has 0 N–H and O–H groups in total. The van der Waals surface area contributed by atoms with Gasteiger partial charge in [-0.1, -0.05) is 0 Å². The van der Waals surface area contributed by atoms with E-state index in [4.69, 9.17) is 5.26 Å². The Morgan fingerprint density at radius 3 is 2.73 bits per heavy atom. The third-order valence-electron chi connectivity index (χ3n) is 1.56. The van der Waals surface area contributed by atoms with Crippen LogP contribution < -0.4 is 0 Å². The molecule has 4 heteroatoms. The molecule has 0 aliphatic carbocycles. The SMILES string of the molecule is Cc1nc(CC#N)c(Br)n1C. The number of hydrogen-bond donors (Lipinski definition) is 0. The Morgan fingerprint density at radius 1 is 1.73 bits per heavy atom.